The van der Waals surface area contributed by atoms with Gasteiger partial charge in [0.25, 0.3) is 0 Å². The summed E-state index contributed by atoms with van der Waals surface area (Å²) in [4.78, 5) is 0. The molecule has 0 saturated carbocycles. The van der Waals surface area contributed by atoms with Crippen LogP contribution in [-0.2, 0) is 5.33 Å². The molecule has 0 fully saturated rings. The second-order valence-electron chi connectivity index (χ2n) is 3.54. The van der Waals surface area contributed by atoms with E-state index in [2.05, 4.69) is 31.9 Å². The fourth-order valence-electron chi connectivity index (χ4n) is 1.43. The van der Waals surface area contributed by atoms with E-state index in [1.807, 2.05) is 12.1 Å². The van der Waals surface area contributed by atoms with Crippen LogP contribution < -0.4 is 4.74 Å². The molecule has 0 aliphatic heterocycles. The second-order valence-corrected chi connectivity index (χ2v) is 5.36. The highest BCUT2D eigenvalue weighted by Gasteiger charge is 2.10. The molecule has 1 nitrogen and oxygen atoms in total. The van der Waals surface area contributed by atoms with Crippen LogP contribution in [0.5, 0.6) is 11.5 Å². The first-order valence-corrected chi connectivity index (χ1v) is 7.37. The van der Waals surface area contributed by atoms with E-state index in [9.17, 15) is 4.39 Å². The average molecular weight is 394 g/mol. The van der Waals surface area contributed by atoms with Crippen molar-refractivity contribution in [3.05, 3.63) is 57.3 Å². The Morgan fingerprint density at radius 2 is 2.00 bits per heavy atom. The van der Waals surface area contributed by atoms with Gasteiger partial charge in [0.1, 0.15) is 17.3 Å². The Bertz CT molecular complexity index is 575. The molecule has 0 saturated heterocycles. The smallest absolute Gasteiger partial charge is 0.150 e. The van der Waals surface area contributed by atoms with Gasteiger partial charge < -0.3 is 4.74 Å². The van der Waals surface area contributed by atoms with Crippen LogP contribution in [0.25, 0.3) is 0 Å². The summed E-state index contributed by atoms with van der Waals surface area (Å²) in [5, 5.41) is 1.15. The predicted molar refractivity (Wildman–Crippen MR) is 78.3 cm³/mol. The lowest BCUT2D eigenvalue weighted by molar-refractivity contribution is 0.476. The summed E-state index contributed by atoms with van der Waals surface area (Å²) in [6, 6.07) is 9.98. The number of alkyl halides is 1. The molecule has 0 N–H and O–H groups in total. The van der Waals surface area contributed by atoms with Crippen molar-refractivity contribution in [3.8, 4) is 11.5 Å². The molecule has 2 rings (SSSR count). The number of para-hydroxylation sites is 1. The molecule has 18 heavy (non-hydrogen) atoms. The Hall–Kier alpha value is -0.580. The van der Waals surface area contributed by atoms with Crippen LogP contribution in [0.4, 0.5) is 4.39 Å². The third-order valence-corrected chi connectivity index (χ3v) is 3.81. The highest BCUT2D eigenvalue weighted by molar-refractivity contribution is 9.10. The van der Waals surface area contributed by atoms with Crippen molar-refractivity contribution in [2.75, 3.05) is 0 Å². The molecule has 0 unspecified atom stereocenters. The molecule has 0 aliphatic carbocycles. The Morgan fingerprint density at radius 1 is 1.22 bits per heavy atom. The van der Waals surface area contributed by atoms with Gasteiger partial charge in [0.2, 0.25) is 0 Å². The van der Waals surface area contributed by atoms with Gasteiger partial charge in [0.15, 0.2) is 0 Å². The summed E-state index contributed by atoms with van der Waals surface area (Å²) < 4.78 is 19.2. The third kappa shape index (κ3) is 3.05. The van der Waals surface area contributed by atoms with Crippen molar-refractivity contribution in [2.45, 2.75) is 5.33 Å². The fourth-order valence-corrected chi connectivity index (χ4v) is 2.46. The van der Waals surface area contributed by atoms with Crippen LogP contribution in [0.3, 0.4) is 0 Å². The number of benzene rings is 2. The van der Waals surface area contributed by atoms with E-state index in [0.29, 0.717) is 26.3 Å². The van der Waals surface area contributed by atoms with Crippen LogP contribution in [0.2, 0.25) is 5.02 Å². The van der Waals surface area contributed by atoms with Gasteiger partial charge in [-0.3, -0.25) is 0 Å². The summed E-state index contributed by atoms with van der Waals surface area (Å²) in [5.41, 5.74) is 0.933. The van der Waals surface area contributed by atoms with E-state index >= 15 is 0 Å². The van der Waals surface area contributed by atoms with Gasteiger partial charge in [0.05, 0.1) is 9.50 Å². The van der Waals surface area contributed by atoms with Gasteiger partial charge in [-0.2, -0.15) is 0 Å². The standard InChI is InChI=1S/C13H8Br2ClFO/c14-7-8-2-1-3-11(16)13(8)18-9-4-5-12(17)10(15)6-9/h1-6H,7H2. The lowest BCUT2D eigenvalue weighted by Gasteiger charge is -2.11. The quantitative estimate of drug-likeness (QED) is 0.587. The first-order valence-electron chi connectivity index (χ1n) is 5.08. The first-order chi connectivity index (χ1) is 8.61. The highest BCUT2D eigenvalue weighted by atomic mass is 79.9. The molecule has 0 atom stereocenters. The van der Waals surface area contributed by atoms with E-state index in [0.717, 1.165) is 5.56 Å². The number of hydrogen-bond acceptors (Lipinski definition) is 1. The summed E-state index contributed by atoms with van der Waals surface area (Å²) >= 11 is 12.6. The summed E-state index contributed by atoms with van der Waals surface area (Å²) in [6.45, 7) is 0. The monoisotopic (exact) mass is 392 g/mol. The Morgan fingerprint density at radius 3 is 2.67 bits per heavy atom. The average Bonchev–Trinajstić information content (AvgIpc) is 2.36. The van der Waals surface area contributed by atoms with Gasteiger partial charge in [-0.25, -0.2) is 4.39 Å². The largest absolute Gasteiger partial charge is 0.455 e. The van der Waals surface area contributed by atoms with E-state index in [1.165, 1.54) is 6.07 Å². The van der Waals surface area contributed by atoms with Gasteiger partial charge in [-0.05, 0) is 40.2 Å². The lowest BCUT2D eigenvalue weighted by atomic mass is 10.2. The molecule has 0 bridgehead atoms. The third-order valence-electron chi connectivity index (χ3n) is 2.30. The van der Waals surface area contributed by atoms with Gasteiger partial charge >= 0.3 is 0 Å². The molecule has 0 aliphatic rings. The molecule has 2 aromatic rings. The minimum absolute atomic E-state index is 0.331. The topological polar surface area (TPSA) is 9.23 Å². The molecular weight excluding hydrogens is 386 g/mol. The highest BCUT2D eigenvalue weighted by Crippen LogP contribution is 2.35. The van der Waals surface area contributed by atoms with Crippen molar-refractivity contribution in [1.82, 2.24) is 0 Å². The van der Waals surface area contributed by atoms with Gasteiger partial charge in [0, 0.05) is 10.9 Å². The maximum atomic E-state index is 13.1. The van der Waals surface area contributed by atoms with E-state index < -0.39 is 0 Å². The SMILES string of the molecule is Fc1ccc(Oc2c(Cl)cccc2CBr)cc1Br. The van der Waals surface area contributed by atoms with Crippen molar-refractivity contribution in [3.63, 3.8) is 0 Å². The number of halogens is 4. The lowest BCUT2D eigenvalue weighted by Crippen LogP contribution is -1.91. The Labute approximate surface area is 126 Å². The van der Waals surface area contributed by atoms with E-state index in [-0.39, 0.29) is 5.82 Å². The maximum absolute atomic E-state index is 13.1. The zero-order valence-corrected chi connectivity index (χ0v) is 13.0. The van der Waals surface area contributed by atoms with Crippen LogP contribution in [0.15, 0.2) is 40.9 Å². The van der Waals surface area contributed by atoms with Gasteiger partial charge in [-0.1, -0.05) is 39.7 Å². The maximum Gasteiger partial charge on any atom is 0.150 e. The fraction of sp³-hybridized carbons (Fsp3) is 0.0769. The molecule has 94 valence electrons. The molecule has 0 radical (unpaired) electrons. The van der Waals surface area contributed by atoms with Crippen LogP contribution in [-0.4, -0.2) is 0 Å². The Kier molecular flexibility index (Phi) is 4.65. The summed E-state index contributed by atoms with van der Waals surface area (Å²) in [5.74, 6) is 0.773. The number of hydrogen-bond donors (Lipinski definition) is 0. The molecule has 0 amide bonds. The minimum Gasteiger partial charge on any atom is -0.455 e. The van der Waals surface area contributed by atoms with Crippen molar-refractivity contribution in [1.29, 1.82) is 0 Å². The van der Waals surface area contributed by atoms with Crippen molar-refractivity contribution in [2.24, 2.45) is 0 Å². The minimum atomic E-state index is -0.331. The van der Waals surface area contributed by atoms with Crippen LogP contribution in [0, 0.1) is 5.82 Å². The Balaban J connectivity index is 2.36. The second kappa shape index (κ2) is 6.04. The molecule has 0 heterocycles. The zero-order valence-electron chi connectivity index (χ0n) is 9.09. The first kappa shape index (κ1) is 13.8. The number of rotatable bonds is 3. The van der Waals surface area contributed by atoms with Crippen LogP contribution in [0.1, 0.15) is 5.56 Å². The molecule has 0 spiro atoms. The number of ether oxygens (including phenoxy) is 1. The van der Waals surface area contributed by atoms with E-state index in [4.69, 9.17) is 16.3 Å². The normalized spacial score (nSPS) is 10.4. The molecule has 5 heteroatoms. The summed E-state index contributed by atoms with van der Waals surface area (Å²) in [6.07, 6.45) is 0. The molecule has 2 aromatic carbocycles. The molecular formula is C13H8Br2ClFO. The van der Waals surface area contributed by atoms with E-state index in [1.54, 1.807) is 18.2 Å². The van der Waals surface area contributed by atoms with Crippen LogP contribution >= 0.6 is 43.5 Å². The van der Waals surface area contributed by atoms with Crippen molar-refractivity contribution < 1.29 is 9.13 Å². The summed E-state index contributed by atoms with van der Waals surface area (Å²) in [7, 11) is 0. The molecule has 0 aromatic heterocycles. The van der Waals surface area contributed by atoms with Gasteiger partial charge in [-0.15, -0.1) is 0 Å². The zero-order chi connectivity index (χ0) is 13.1. The van der Waals surface area contributed by atoms with Crippen molar-refractivity contribution >= 4 is 43.5 Å². The predicted octanol–water partition coefficient (Wildman–Crippen LogP) is 5.93.